The summed E-state index contributed by atoms with van der Waals surface area (Å²) in [4.78, 5) is 29.3. The maximum absolute atomic E-state index is 12.8. The van der Waals surface area contributed by atoms with Crippen LogP contribution < -0.4 is 16.4 Å². The van der Waals surface area contributed by atoms with Crippen LogP contribution >= 0.6 is 0 Å². The number of carbonyl (C=O) groups is 2. The molecule has 0 spiro atoms. The number of rotatable bonds is 8. The molecule has 4 N–H and O–H groups in total. The van der Waals surface area contributed by atoms with E-state index in [1.807, 2.05) is 24.3 Å². The van der Waals surface area contributed by atoms with E-state index in [4.69, 9.17) is 20.7 Å². The fraction of sp³-hybridized carbons (Fsp3) is 0.154. The van der Waals surface area contributed by atoms with Gasteiger partial charge in [-0.2, -0.15) is 5.26 Å². The molecule has 0 radical (unpaired) electrons. The number of carbonyl (C=O) groups excluding carboxylic acids is 2. The molecule has 4 rings (SSSR count). The van der Waals surface area contributed by atoms with Crippen molar-refractivity contribution in [1.29, 1.82) is 5.26 Å². The Morgan fingerprint density at radius 1 is 1.11 bits per heavy atom. The van der Waals surface area contributed by atoms with Gasteiger partial charge in [0.25, 0.3) is 5.91 Å². The largest absolute Gasteiger partial charge is 0.468 e. The summed E-state index contributed by atoms with van der Waals surface area (Å²) in [7, 11) is 1.32. The number of methoxy groups -OCH3 is 1. The van der Waals surface area contributed by atoms with Gasteiger partial charge in [-0.05, 0) is 35.4 Å². The Hall–Kier alpha value is -4.68. The number of imidazole rings is 1. The first-order valence-electron chi connectivity index (χ1n) is 10.9. The second-order valence-corrected chi connectivity index (χ2v) is 7.78. The molecule has 4 aromatic rings. The van der Waals surface area contributed by atoms with Gasteiger partial charge in [0.05, 0.1) is 18.7 Å². The predicted molar refractivity (Wildman–Crippen MR) is 131 cm³/mol. The molecule has 0 aliphatic rings. The van der Waals surface area contributed by atoms with Gasteiger partial charge in [-0.1, -0.05) is 36.4 Å². The first-order valence-corrected chi connectivity index (χ1v) is 10.9. The fourth-order valence-electron chi connectivity index (χ4n) is 3.64. The third-order valence-electron chi connectivity index (χ3n) is 5.48. The van der Waals surface area contributed by atoms with Crippen LogP contribution in [0.15, 0.2) is 66.9 Å². The number of nitrogens with two attached hydrogens (primary N) is 1. The number of nitrogens with zero attached hydrogens (tertiary/aromatic N) is 3. The van der Waals surface area contributed by atoms with E-state index < -0.39 is 5.97 Å². The molecule has 0 saturated carbocycles. The van der Waals surface area contributed by atoms with Gasteiger partial charge in [0.15, 0.2) is 0 Å². The van der Waals surface area contributed by atoms with Crippen LogP contribution in [0, 0.1) is 11.3 Å². The number of esters is 1. The van der Waals surface area contributed by atoms with Gasteiger partial charge in [-0.25, -0.2) is 4.98 Å². The maximum Gasteiger partial charge on any atom is 0.325 e. The topological polar surface area (TPSA) is 135 Å². The van der Waals surface area contributed by atoms with Gasteiger partial charge in [-0.3, -0.25) is 14.0 Å². The summed E-state index contributed by atoms with van der Waals surface area (Å²) >= 11 is 0. The number of anilines is 1. The van der Waals surface area contributed by atoms with Crippen LogP contribution in [-0.2, 0) is 22.6 Å². The Kier molecular flexibility index (Phi) is 7.04. The van der Waals surface area contributed by atoms with Gasteiger partial charge in [0, 0.05) is 30.4 Å². The number of aromatic nitrogens is 2. The Morgan fingerprint density at radius 3 is 2.60 bits per heavy atom. The lowest BCUT2D eigenvalue weighted by Gasteiger charge is -2.09. The van der Waals surface area contributed by atoms with E-state index in [0.29, 0.717) is 41.4 Å². The molecule has 0 bridgehead atoms. The standard InChI is InChI=1S/C26H24N6O3/c1-35-23(33)16-29-25-24(20-7-5-17(13-27)6-8-20)31-22-12-21(9-10-32(22)25)26(34)30-15-19-4-2-3-18(11-19)14-28/h2-12,29H,14-16,28H2,1H3,(H,30,34). The number of nitrogens with one attached hydrogen (secondary N) is 2. The molecule has 0 saturated heterocycles. The van der Waals surface area contributed by atoms with E-state index >= 15 is 0 Å². The number of hydrogen-bond acceptors (Lipinski definition) is 7. The number of amides is 1. The second kappa shape index (κ2) is 10.5. The summed E-state index contributed by atoms with van der Waals surface area (Å²) < 4.78 is 6.50. The lowest BCUT2D eigenvalue weighted by Crippen LogP contribution is -2.23. The highest BCUT2D eigenvalue weighted by Crippen LogP contribution is 2.29. The lowest BCUT2D eigenvalue weighted by molar-refractivity contribution is -0.138. The molecule has 9 nitrogen and oxygen atoms in total. The van der Waals surface area contributed by atoms with Crippen LogP contribution in [0.5, 0.6) is 0 Å². The van der Waals surface area contributed by atoms with Crippen molar-refractivity contribution in [2.75, 3.05) is 19.0 Å². The molecule has 176 valence electrons. The van der Waals surface area contributed by atoms with Crippen LogP contribution in [0.4, 0.5) is 5.82 Å². The van der Waals surface area contributed by atoms with Crippen LogP contribution in [0.3, 0.4) is 0 Å². The summed E-state index contributed by atoms with van der Waals surface area (Å²) in [6.07, 6.45) is 1.72. The van der Waals surface area contributed by atoms with Crippen molar-refractivity contribution >= 4 is 23.3 Å². The highest BCUT2D eigenvalue weighted by Gasteiger charge is 2.17. The second-order valence-electron chi connectivity index (χ2n) is 7.78. The SMILES string of the molecule is COC(=O)CNc1c(-c2ccc(C#N)cc2)nc2cc(C(=O)NCc3cccc(CN)c3)ccn12. The van der Waals surface area contributed by atoms with Crippen molar-refractivity contribution in [3.63, 3.8) is 0 Å². The summed E-state index contributed by atoms with van der Waals surface area (Å²) in [6, 6.07) is 20.2. The van der Waals surface area contributed by atoms with Crippen molar-refractivity contribution in [1.82, 2.24) is 14.7 Å². The molecule has 1 amide bonds. The monoisotopic (exact) mass is 468 g/mol. The van der Waals surface area contributed by atoms with E-state index in [-0.39, 0.29) is 12.5 Å². The van der Waals surface area contributed by atoms with Crippen molar-refractivity contribution in [3.05, 3.63) is 89.1 Å². The predicted octanol–water partition coefficient (Wildman–Crippen LogP) is 2.85. The van der Waals surface area contributed by atoms with Crippen LogP contribution in [0.25, 0.3) is 16.9 Å². The maximum atomic E-state index is 12.8. The summed E-state index contributed by atoms with van der Waals surface area (Å²) in [5.41, 5.74) is 10.5. The molecule has 2 aromatic heterocycles. The van der Waals surface area contributed by atoms with Gasteiger partial charge in [-0.15, -0.1) is 0 Å². The van der Waals surface area contributed by atoms with Crippen LogP contribution in [0.1, 0.15) is 27.0 Å². The molecule has 2 heterocycles. The van der Waals surface area contributed by atoms with E-state index in [1.165, 1.54) is 7.11 Å². The number of fused-ring (bicyclic) bond motifs is 1. The van der Waals surface area contributed by atoms with E-state index in [2.05, 4.69) is 16.7 Å². The van der Waals surface area contributed by atoms with E-state index in [0.717, 1.165) is 16.7 Å². The van der Waals surface area contributed by atoms with Crippen molar-refractivity contribution in [2.24, 2.45) is 5.73 Å². The zero-order chi connectivity index (χ0) is 24.8. The smallest absolute Gasteiger partial charge is 0.325 e. The molecule has 2 aromatic carbocycles. The van der Waals surface area contributed by atoms with Gasteiger partial charge in [0.2, 0.25) is 0 Å². The zero-order valence-electron chi connectivity index (χ0n) is 19.1. The molecular weight excluding hydrogens is 444 g/mol. The number of hydrogen-bond donors (Lipinski definition) is 3. The zero-order valence-corrected chi connectivity index (χ0v) is 19.1. The minimum Gasteiger partial charge on any atom is -0.468 e. The number of ether oxygens (including phenoxy) is 1. The summed E-state index contributed by atoms with van der Waals surface area (Å²) in [5.74, 6) is -0.0984. The first kappa shape index (κ1) is 23.5. The Balaban J connectivity index is 1.63. The average Bonchev–Trinajstić information content (AvgIpc) is 3.28. The molecule has 0 atom stereocenters. The molecule has 35 heavy (non-hydrogen) atoms. The van der Waals surface area contributed by atoms with Crippen molar-refractivity contribution < 1.29 is 14.3 Å². The number of nitriles is 1. The van der Waals surface area contributed by atoms with Gasteiger partial charge >= 0.3 is 5.97 Å². The molecule has 0 fully saturated rings. The third kappa shape index (κ3) is 5.29. The van der Waals surface area contributed by atoms with E-state index in [9.17, 15) is 9.59 Å². The minimum absolute atomic E-state index is 0.0579. The molecule has 9 heteroatoms. The number of benzene rings is 2. The first-order chi connectivity index (χ1) is 17.0. The average molecular weight is 469 g/mol. The molecule has 0 unspecified atom stereocenters. The van der Waals surface area contributed by atoms with Crippen LogP contribution in [0.2, 0.25) is 0 Å². The molecular formula is C26H24N6O3. The Morgan fingerprint density at radius 2 is 1.89 bits per heavy atom. The minimum atomic E-state index is -0.430. The van der Waals surface area contributed by atoms with E-state index in [1.54, 1.807) is 47.0 Å². The normalized spacial score (nSPS) is 10.5. The van der Waals surface area contributed by atoms with Gasteiger partial charge < -0.3 is 21.1 Å². The number of pyridine rings is 1. The van der Waals surface area contributed by atoms with Crippen molar-refractivity contribution in [2.45, 2.75) is 13.1 Å². The summed E-state index contributed by atoms with van der Waals surface area (Å²) in [5, 5.41) is 15.1. The van der Waals surface area contributed by atoms with Gasteiger partial charge in [0.1, 0.15) is 23.7 Å². The highest BCUT2D eigenvalue weighted by atomic mass is 16.5. The third-order valence-corrected chi connectivity index (χ3v) is 5.48. The lowest BCUT2D eigenvalue weighted by atomic mass is 10.1. The highest BCUT2D eigenvalue weighted by molar-refractivity contribution is 5.95. The summed E-state index contributed by atoms with van der Waals surface area (Å²) in [6.45, 7) is 0.749. The molecule has 0 aliphatic heterocycles. The Bertz CT molecular complexity index is 1420. The van der Waals surface area contributed by atoms with Crippen molar-refractivity contribution in [3.8, 4) is 17.3 Å². The fourth-order valence-corrected chi connectivity index (χ4v) is 3.64. The van der Waals surface area contributed by atoms with Crippen LogP contribution in [-0.4, -0.2) is 34.9 Å². The quantitative estimate of drug-likeness (QED) is 0.339. The Labute approximate surface area is 202 Å². The molecule has 0 aliphatic carbocycles.